The van der Waals surface area contributed by atoms with Crippen LogP contribution in [0.1, 0.15) is 43.9 Å². The van der Waals surface area contributed by atoms with Gasteiger partial charge < -0.3 is 0 Å². The van der Waals surface area contributed by atoms with E-state index in [9.17, 15) is 4.79 Å². The summed E-state index contributed by atoms with van der Waals surface area (Å²) in [6, 6.07) is 18.1. The van der Waals surface area contributed by atoms with E-state index >= 15 is 0 Å². The van der Waals surface area contributed by atoms with Gasteiger partial charge in [-0.2, -0.15) is 0 Å². The Morgan fingerprint density at radius 2 is 1.80 bits per heavy atom. The molecule has 4 rings (SSSR count). The smallest absolute Gasteiger partial charge is 0.262 e. The third kappa shape index (κ3) is 2.98. The van der Waals surface area contributed by atoms with Crippen LogP contribution in [0.2, 0.25) is 0 Å². The summed E-state index contributed by atoms with van der Waals surface area (Å²) >= 11 is 0. The van der Waals surface area contributed by atoms with Crippen molar-refractivity contribution >= 4 is 10.9 Å². The Labute approximate surface area is 147 Å². The summed E-state index contributed by atoms with van der Waals surface area (Å²) in [6.45, 7) is 4.41. The first-order valence-electron chi connectivity index (χ1n) is 8.94. The summed E-state index contributed by atoms with van der Waals surface area (Å²) in [6.07, 6.45) is 1.70. The third-order valence-corrected chi connectivity index (χ3v) is 4.83. The van der Waals surface area contributed by atoms with Gasteiger partial charge in [0, 0.05) is 6.42 Å². The van der Waals surface area contributed by atoms with E-state index in [1.54, 1.807) is 0 Å². The molecule has 1 unspecified atom stereocenters. The summed E-state index contributed by atoms with van der Waals surface area (Å²) in [5.74, 6) is 1.41. The highest BCUT2D eigenvalue weighted by Crippen LogP contribution is 2.31. The molecule has 25 heavy (non-hydrogen) atoms. The monoisotopic (exact) mass is 333 g/mol. The van der Waals surface area contributed by atoms with Crippen molar-refractivity contribution in [3.05, 3.63) is 76.3 Å². The highest BCUT2D eigenvalue weighted by molar-refractivity contribution is 5.77. The van der Waals surface area contributed by atoms with Crippen molar-refractivity contribution in [2.45, 2.75) is 38.9 Å². The number of nitrogens with zero attached hydrogens (tertiary/aromatic N) is 2. The van der Waals surface area contributed by atoms with Gasteiger partial charge in [0.05, 0.1) is 23.1 Å². The Hall–Kier alpha value is -2.46. The van der Waals surface area contributed by atoms with Crippen LogP contribution in [0, 0.1) is 5.92 Å². The molecule has 1 aliphatic rings. The van der Waals surface area contributed by atoms with Gasteiger partial charge in [0.15, 0.2) is 0 Å². The SMILES string of the molecule is CC(C)C[C@H]1NC(Cc2ccccc2)n2c1nc1ccccc1c2=O. The van der Waals surface area contributed by atoms with Gasteiger partial charge in [0.25, 0.3) is 5.56 Å². The van der Waals surface area contributed by atoms with Crippen molar-refractivity contribution in [2.24, 2.45) is 5.92 Å². The molecule has 128 valence electrons. The third-order valence-electron chi connectivity index (χ3n) is 4.83. The second kappa shape index (κ2) is 6.45. The molecule has 2 aromatic carbocycles. The molecule has 0 saturated carbocycles. The van der Waals surface area contributed by atoms with E-state index in [0.29, 0.717) is 11.3 Å². The highest BCUT2D eigenvalue weighted by atomic mass is 16.1. The lowest BCUT2D eigenvalue weighted by Crippen LogP contribution is -2.29. The molecule has 2 atom stereocenters. The zero-order valence-corrected chi connectivity index (χ0v) is 14.6. The van der Waals surface area contributed by atoms with Crippen molar-refractivity contribution in [3.63, 3.8) is 0 Å². The number of fused-ring (bicyclic) bond motifs is 2. The van der Waals surface area contributed by atoms with Crippen LogP contribution < -0.4 is 10.9 Å². The maximum absolute atomic E-state index is 13.1. The molecule has 0 fully saturated rings. The number of para-hydroxylation sites is 1. The molecule has 0 aliphatic carbocycles. The Morgan fingerprint density at radius 1 is 1.08 bits per heavy atom. The average Bonchev–Trinajstić information content (AvgIpc) is 2.93. The average molecular weight is 333 g/mol. The van der Waals surface area contributed by atoms with Crippen LogP contribution >= 0.6 is 0 Å². The number of hydrogen-bond donors (Lipinski definition) is 1. The fourth-order valence-electron chi connectivity index (χ4n) is 3.72. The Bertz CT molecular complexity index is 946. The maximum Gasteiger partial charge on any atom is 0.262 e. The van der Waals surface area contributed by atoms with Crippen LogP contribution in [-0.2, 0) is 6.42 Å². The summed E-state index contributed by atoms with van der Waals surface area (Å²) in [5.41, 5.74) is 2.06. The molecule has 1 aromatic heterocycles. The molecule has 3 aromatic rings. The summed E-state index contributed by atoms with van der Waals surface area (Å²) in [5, 5.41) is 4.34. The molecule has 2 heterocycles. The molecule has 0 amide bonds. The predicted molar refractivity (Wildman–Crippen MR) is 101 cm³/mol. The van der Waals surface area contributed by atoms with Gasteiger partial charge in [-0.05, 0) is 30.0 Å². The molecular weight excluding hydrogens is 310 g/mol. The topological polar surface area (TPSA) is 46.9 Å². The van der Waals surface area contributed by atoms with Crippen LogP contribution in [0.15, 0.2) is 59.4 Å². The fourth-order valence-corrected chi connectivity index (χ4v) is 3.72. The molecule has 0 spiro atoms. The van der Waals surface area contributed by atoms with Crippen molar-refractivity contribution in [1.29, 1.82) is 0 Å². The van der Waals surface area contributed by atoms with E-state index in [-0.39, 0.29) is 17.8 Å². The first-order valence-corrected chi connectivity index (χ1v) is 8.94. The Balaban J connectivity index is 1.82. The van der Waals surface area contributed by atoms with Gasteiger partial charge in [-0.15, -0.1) is 0 Å². The number of hydrogen-bond acceptors (Lipinski definition) is 3. The highest BCUT2D eigenvalue weighted by Gasteiger charge is 2.33. The fraction of sp³-hybridized carbons (Fsp3) is 0.333. The van der Waals surface area contributed by atoms with Crippen molar-refractivity contribution in [3.8, 4) is 0 Å². The zero-order valence-electron chi connectivity index (χ0n) is 14.6. The number of nitrogens with one attached hydrogen (secondary N) is 1. The summed E-state index contributed by atoms with van der Waals surface area (Å²) < 4.78 is 1.88. The molecule has 0 saturated heterocycles. The maximum atomic E-state index is 13.1. The van der Waals surface area contributed by atoms with Crippen molar-refractivity contribution in [1.82, 2.24) is 14.9 Å². The second-order valence-electron chi connectivity index (χ2n) is 7.22. The van der Waals surface area contributed by atoms with Crippen LogP contribution in [0.3, 0.4) is 0 Å². The Morgan fingerprint density at radius 3 is 2.56 bits per heavy atom. The van der Waals surface area contributed by atoms with Crippen molar-refractivity contribution in [2.75, 3.05) is 0 Å². The molecule has 0 radical (unpaired) electrons. The van der Waals surface area contributed by atoms with E-state index < -0.39 is 0 Å². The van der Waals surface area contributed by atoms with Gasteiger partial charge in [-0.25, -0.2) is 4.98 Å². The van der Waals surface area contributed by atoms with Gasteiger partial charge in [-0.1, -0.05) is 56.3 Å². The molecule has 1 aliphatic heterocycles. The van der Waals surface area contributed by atoms with Crippen LogP contribution in [0.5, 0.6) is 0 Å². The first-order chi connectivity index (χ1) is 12.1. The minimum atomic E-state index is -0.0502. The Kier molecular flexibility index (Phi) is 4.14. The lowest BCUT2D eigenvalue weighted by molar-refractivity contribution is 0.386. The van der Waals surface area contributed by atoms with Crippen LogP contribution in [0.4, 0.5) is 0 Å². The zero-order chi connectivity index (χ0) is 17.4. The van der Waals surface area contributed by atoms with E-state index in [1.807, 2.05) is 47.0 Å². The molecular formula is C21H23N3O. The summed E-state index contributed by atoms with van der Waals surface area (Å²) in [4.78, 5) is 18.0. The van der Waals surface area contributed by atoms with Crippen LogP contribution in [0.25, 0.3) is 10.9 Å². The molecule has 4 nitrogen and oxygen atoms in total. The minimum Gasteiger partial charge on any atom is -0.287 e. The largest absolute Gasteiger partial charge is 0.287 e. The van der Waals surface area contributed by atoms with Gasteiger partial charge in [0.1, 0.15) is 5.82 Å². The van der Waals surface area contributed by atoms with Gasteiger partial charge in [0.2, 0.25) is 0 Å². The standard InChI is InChI=1S/C21H23N3O/c1-14(2)12-18-20-23-17-11-7-6-10-16(17)21(25)24(20)19(22-18)13-15-8-4-3-5-9-15/h3-11,14,18-19,22H,12-13H2,1-2H3/t18-,19?/m1/s1. The van der Waals surface area contributed by atoms with E-state index in [0.717, 1.165) is 24.2 Å². The van der Waals surface area contributed by atoms with E-state index in [2.05, 4.69) is 31.3 Å². The number of rotatable bonds is 4. The normalized spacial score (nSPS) is 19.5. The molecule has 0 bridgehead atoms. The van der Waals surface area contributed by atoms with E-state index in [4.69, 9.17) is 4.98 Å². The van der Waals surface area contributed by atoms with Crippen molar-refractivity contribution < 1.29 is 0 Å². The minimum absolute atomic E-state index is 0.0502. The number of benzene rings is 2. The summed E-state index contributed by atoms with van der Waals surface area (Å²) in [7, 11) is 0. The molecule has 4 heteroatoms. The van der Waals surface area contributed by atoms with Gasteiger partial charge >= 0.3 is 0 Å². The predicted octanol–water partition coefficient (Wildman–Crippen LogP) is 3.83. The van der Waals surface area contributed by atoms with Gasteiger partial charge in [-0.3, -0.25) is 14.7 Å². The lowest BCUT2D eigenvalue weighted by atomic mass is 10.0. The van der Waals surface area contributed by atoms with Crippen LogP contribution in [-0.4, -0.2) is 9.55 Å². The number of aromatic nitrogens is 2. The second-order valence-corrected chi connectivity index (χ2v) is 7.22. The lowest BCUT2D eigenvalue weighted by Gasteiger charge is -2.15. The quantitative estimate of drug-likeness (QED) is 0.789. The molecule has 1 N–H and O–H groups in total. The van der Waals surface area contributed by atoms with E-state index in [1.165, 1.54) is 5.56 Å². The first kappa shape index (κ1) is 16.0.